The van der Waals surface area contributed by atoms with Crippen molar-refractivity contribution in [2.45, 2.75) is 43.9 Å². The summed E-state index contributed by atoms with van der Waals surface area (Å²) in [6.45, 7) is 0.533. The van der Waals surface area contributed by atoms with Crippen molar-refractivity contribution < 1.29 is 36.3 Å². The number of halogens is 4. The van der Waals surface area contributed by atoms with Crippen molar-refractivity contribution in [3.8, 4) is 0 Å². The van der Waals surface area contributed by atoms with Gasteiger partial charge in [0.1, 0.15) is 6.04 Å². The number of carbonyl (C=O) groups excluding carboxylic acids is 1. The molecule has 2 atom stereocenters. The van der Waals surface area contributed by atoms with Crippen LogP contribution < -0.4 is 9.62 Å². The van der Waals surface area contributed by atoms with Gasteiger partial charge in [0.2, 0.25) is 15.9 Å². The minimum absolute atomic E-state index is 0.198. The van der Waals surface area contributed by atoms with Gasteiger partial charge in [-0.05, 0) is 55.5 Å². The molecule has 13 heteroatoms. The summed E-state index contributed by atoms with van der Waals surface area (Å²) in [5.74, 6) is -1.90. The predicted molar refractivity (Wildman–Crippen MR) is 137 cm³/mol. The van der Waals surface area contributed by atoms with Gasteiger partial charge in [0.25, 0.3) is 0 Å². The summed E-state index contributed by atoms with van der Waals surface area (Å²) in [4.78, 5) is 28.8. The van der Waals surface area contributed by atoms with Crippen LogP contribution >= 0.6 is 11.6 Å². The number of amides is 1. The molecule has 38 heavy (non-hydrogen) atoms. The van der Waals surface area contributed by atoms with Crippen LogP contribution in [0.2, 0.25) is 5.02 Å². The van der Waals surface area contributed by atoms with E-state index in [4.69, 9.17) is 11.6 Å². The van der Waals surface area contributed by atoms with E-state index in [0.717, 1.165) is 18.4 Å². The first kappa shape index (κ1) is 28.0. The van der Waals surface area contributed by atoms with Crippen LogP contribution in [0, 0.1) is 5.92 Å². The maximum absolute atomic E-state index is 13.6. The predicted octanol–water partition coefficient (Wildman–Crippen LogP) is 4.76. The van der Waals surface area contributed by atoms with Crippen molar-refractivity contribution in [3.05, 3.63) is 58.6 Å². The minimum Gasteiger partial charge on any atom is -0.480 e. The van der Waals surface area contributed by atoms with Gasteiger partial charge < -0.3 is 14.9 Å². The Hall–Kier alpha value is -2.99. The maximum Gasteiger partial charge on any atom is 0.416 e. The van der Waals surface area contributed by atoms with Crippen LogP contribution in [-0.2, 0) is 25.8 Å². The smallest absolute Gasteiger partial charge is 0.416 e. The molecular weight excluding hydrogens is 547 g/mol. The van der Waals surface area contributed by atoms with Crippen LogP contribution in [0.1, 0.15) is 42.9 Å². The van der Waals surface area contributed by atoms with Crippen LogP contribution in [0.3, 0.4) is 0 Å². The second-order valence-corrected chi connectivity index (χ2v) is 11.7. The maximum atomic E-state index is 13.6. The third-order valence-corrected chi connectivity index (χ3v) is 7.93. The molecular formula is C25H27ClF3N3O5S. The Labute approximate surface area is 223 Å². The molecule has 0 bridgehead atoms. The van der Waals surface area contributed by atoms with Gasteiger partial charge in [-0.2, -0.15) is 13.2 Å². The average molecular weight is 574 g/mol. The highest BCUT2D eigenvalue weighted by molar-refractivity contribution is 7.92. The number of likely N-dealkylation sites (tertiary alicyclic amines) is 1. The molecule has 0 aliphatic carbocycles. The topological polar surface area (TPSA) is 107 Å². The number of hydrogen-bond donors (Lipinski definition) is 2. The lowest BCUT2D eigenvalue weighted by atomic mass is 9.93. The molecule has 8 nitrogen and oxygen atoms in total. The van der Waals surface area contributed by atoms with Crippen LogP contribution in [-0.4, -0.2) is 55.7 Å². The number of carboxylic acid groups (broad SMARTS) is 1. The molecule has 0 unspecified atom stereocenters. The van der Waals surface area contributed by atoms with Crippen LogP contribution in [0.25, 0.3) is 0 Å². The molecule has 2 saturated heterocycles. The molecule has 0 radical (unpaired) electrons. The van der Waals surface area contributed by atoms with Crippen molar-refractivity contribution in [1.82, 2.24) is 4.90 Å². The Morgan fingerprint density at radius 2 is 1.71 bits per heavy atom. The number of hydrogen-bond acceptors (Lipinski definition) is 5. The van der Waals surface area contributed by atoms with E-state index in [2.05, 4.69) is 4.72 Å². The zero-order valence-electron chi connectivity index (χ0n) is 20.4. The monoisotopic (exact) mass is 573 g/mol. The van der Waals surface area contributed by atoms with Crippen molar-refractivity contribution in [1.29, 1.82) is 0 Å². The number of carboxylic acids is 1. The van der Waals surface area contributed by atoms with Crippen LogP contribution in [0.4, 0.5) is 24.5 Å². The fourth-order valence-corrected chi connectivity index (χ4v) is 6.08. The Kier molecular flexibility index (Phi) is 7.85. The van der Waals surface area contributed by atoms with E-state index in [1.54, 1.807) is 29.2 Å². The van der Waals surface area contributed by atoms with Gasteiger partial charge in [-0.1, -0.05) is 29.8 Å². The van der Waals surface area contributed by atoms with Crippen molar-refractivity contribution in [3.63, 3.8) is 0 Å². The summed E-state index contributed by atoms with van der Waals surface area (Å²) < 4.78 is 65.6. The fourth-order valence-electron chi connectivity index (χ4n) is 5.26. The molecule has 2 N–H and O–H groups in total. The van der Waals surface area contributed by atoms with Gasteiger partial charge in [-0.3, -0.25) is 9.52 Å². The summed E-state index contributed by atoms with van der Waals surface area (Å²) in [5.41, 5.74) is -0.231. The summed E-state index contributed by atoms with van der Waals surface area (Å²) >= 11 is 6.36. The molecule has 0 spiro atoms. The lowest BCUT2D eigenvalue weighted by Gasteiger charge is -2.38. The largest absolute Gasteiger partial charge is 0.480 e. The average Bonchev–Trinajstić information content (AvgIpc) is 3.28. The fraction of sp³-hybridized carbons (Fsp3) is 0.440. The summed E-state index contributed by atoms with van der Waals surface area (Å²) in [5, 5.41) is 10.2. The van der Waals surface area contributed by atoms with Crippen LogP contribution in [0.5, 0.6) is 0 Å². The first-order valence-corrected chi connectivity index (χ1v) is 14.3. The second kappa shape index (κ2) is 10.6. The highest BCUT2D eigenvalue weighted by atomic mass is 35.5. The van der Waals surface area contributed by atoms with E-state index in [0.29, 0.717) is 36.3 Å². The lowest BCUT2D eigenvalue weighted by Crippen LogP contribution is -2.47. The zero-order chi connectivity index (χ0) is 27.8. The first-order valence-electron chi connectivity index (χ1n) is 12.0. The van der Waals surface area contributed by atoms with Gasteiger partial charge in [-0.15, -0.1) is 0 Å². The van der Waals surface area contributed by atoms with Crippen molar-refractivity contribution in [2.75, 3.05) is 29.0 Å². The first-order chi connectivity index (χ1) is 17.8. The van der Waals surface area contributed by atoms with E-state index in [1.165, 1.54) is 11.0 Å². The number of aliphatic carboxylic acids is 1. The molecule has 2 aromatic carbocycles. The number of alkyl halides is 3. The molecule has 1 amide bonds. The van der Waals surface area contributed by atoms with Gasteiger partial charge >= 0.3 is 12.1 Å². The lowest BCUT2D eigenvalue weighted by molar-refractivity contribution is -0.152. The SMILES string of the molecule is CS(=O)(=O)Nc1cc(C(F)(F)F)ccc1N1CCC(C(=O)N2[C@@H](c3ccccc3Cl)CC[C@H]2C(=O)O)CC1. The molecule has 2 aliphatic heterocycles. The molecule has 0 saturated carbocycles. The van der Waals surface area contributed by atoms with Crippen molar-refractivity contribution >= 4 is 44.9 Å². The zero-order valence-corrected chi connectivity index (χ0v) is 22.0. The number of anilines is 2. The third-order valence-electron chi connectivity index (χ3n) is 6.99. The number of piperidine rings is 1. The molecule has 0 aromatic heterocycles. The quantitative estimate of drug-likeness (QED) is 0.516. The number of sulfonamides is 1. The van der Waals surface area contributed by atoms with E-state index in [9.17, 15) is 36.3 Å². The summed E-state index contributed by atoms with van der Waals surface area (Å²) in [6.07, 6.45) is -2.42. The highest BCUT2D eigenvalue weighted by Crippen LogP contribution is 2.42. The van der Waals surface area contributed by atoms with Crippen LogP contribution in [0.15, 0.2) is 42.5 Å². The third kappa shape index (κ3) is 6.01. The molecule has 2 aromatic rings. The highest BCUT2D eigenvalue weighted by Gasteiger charge is 2.44. The van der Waals surface area contributed by atoms with E-state index in [-0.39, 0.29) is 30.4 Å². The second-order valence-electron chi connectivity index (χ2n) is 9.58. The molecule has 2 aliphatic rings. The Morgan fingerprint density at radius 3 is 2.29 bits per heavy atom. The summed E-state index contributed by atoms with van der Waals surface area (Å²) in [6, 6.07) is 8.40. The van der Waals surface area contributed by atoms with E-state index in [1.807, 2.05) is 0 Å². The van der Waals surface area contributed by atoms with E-state index >= 15 is 0 Å². The number of nitrogens with one attached hydrogen (secondary N) is 1. The number of rotatable bonds is 6. The van der Waals surface area contributed by atoms with Gasteiger partial charge in [-0.25, -0.2) is 13.2 Å². The number of benzene rings is 2. The molecule has 2 heterocycles. The van der Waals surface area contributed by atoms with Crippen molar-refractivity contribution in [2.24, 2.45) is 5.92 Å². The molecule has 2 fully saturated rings. The Morgan fingerprint density at radius 1 is 1.05 bits per heavy atom. The normalized spacial score (nSPS) is 21.0. The summed E-state index contributed by atoms with van der Waals surface area (Å²) in [7, 11) is -3.86. The van der Waals surface area contributed by atoms with Gasteiger partial charge in [0.05, 0.1) is 29.2 Å². The van der Waals surface area contributed by atoms with Gasteiger partial charge in [0, 0.05) is 24.0 Å². The molecule has 206 valence electrons. The van der Waals surface area contributed by atoms with E-state index < -0.39 is 45.7 Å². The number of nitrogens with zero attached hydrogens (tertiary/aromatic N) is 2. The minimum atomic E-state index is -4.65. The standard InChI is InChI=1S/C25H27ClF3N3O5S/c1-38(36,37)30-19-14-16(25(27,28)29)6-7-21(19)31-12-10-15(11-13-31)23(33)32-20(8-9-22(32)24(34)35)17-4-2-3-5-18(17)26/h2-7,14-15,20,22,30H,8-13H2,1H3,(H,34,35)/t20-,22+/m1/s1. The Balaban J connectivity index is 1.55. The Bertz CT molecular complexity index is 1330. The molecule has 4 rings (SSSR count). The van der Waals surface area contributed by atoms with Gasteiger partial charge in [0.15, 0.2) is 0 Å². The number of carbonyl (C=O) groups is 2.